The lowest BCUT2D eigenvalue weighted by Gasteiger charge is -2.33. The summed E-state index contributed by atoms with van der Waals surface area (Å²) < 4.78 is 64.8. The number of sulfonamides is 1. The van der Waals surface area contributed by atoms with Crippen molar-refractivity contribution < 1.29 is 21.6 Å². The molecule has 1 aromatic heterocycles. The predicted molar refractivity (Wildman–Crippen MR) is 98.5 cm³/mol. The third kappa shape index (κ3) is 3.45. The van der Waals surface area contributed by atoms with Crippen LogP contribution in [0, 0.1) is 0 Å². The largest absolute Gasteiger partial charge is 0.416 e. The maximum absolute atomic E-state index is 12.7. The van der Waals surface area contributed by atoms with Crippen molar-refractivity contribution in [2.24, 2.45) is 0 Å². The summed E-state index contributed by atoms with van der Waals surface area (Å²) >= 11 is 0. The summed E-state index contributed by atoms with van der Waals surface area (Å²) in [6, 6.07) is 11.2. The second-order valence-electron chi connectivity index (χ2n) is 6.49. The Labute approximate surface area is 159 Å². The third-order valence-corrected chi connectivity index (χ3v) is 6.65. The number of alkyl halides is 3. The van der Waals surface area contributed by atoms with E-state index in [1.807, 2.05) is 29.2 Å². The van der Waals surface area contributed by atoms with Crippen LogP contribution in [0.15, 0.2) is 53.4 Å². The Morgan fingerprint density at radius 3 is 2.18 bits per heavy atom. The van der Waals surface area contributed by atoms with Gasteiger partial charge >= 0.3 is 6.18 Å². The molecule has 6 nitrogen and oxygen atoms in total. The summed E-state index contributed by atoms with van der Waals surface area (Å²) in [5.41, 5.74) is 0.857. The second-order valence-corrected chi connectivity index (χ2v) is 8.43. The highest BCUT2D eigenvalue weighted by Crippen LogP contribution is 2.30. The van der Waals surface area contributed by atoms with Gasteiger partial charge in [0.2, 0.25) is 16.0 Å². The molecule has 0 unspecified atom stereocenters. The zero-order valence-electron chi connectivity index (χ0n) is 14.6. The SMILES string of the molecule is O=S(=O)(c1ccc(C(F)(F)F)cc1)N1CCN(c2nc3ccccc3[nH]2)CC1. The molecule has 1 fully saturated rings. The number of aromatic nitrogens is 2. The normalized spacial score (nSPS) is 16.6. The van der Waals surface area contributed by atoms with E-state index in [9.17, 15) is 21.6 Å². The Kier molecular flexibility index (Phi) is 4.54. The van der Waals surface area contributed by atoms with Gasteiger partial charge in [0.05, 0.1) is 21.5 Å². The summed E-state index contributed by atoms with van der Waals surface area (Å²) in [5.74, 6) is 0.674. The van der Waals surface area contributed by atoms with Crippen LogP contribution in [0.3, 0.4) is 0 Å². The highest BCUT2D eigenvalue weighted by molar-refractivity contribution is 7.89. The van der Waals surface area contributed by atoms with Crippen LogP contribution in [0.4, 0.5) is 19.1 Å². The first-order chi connectivity index (χ1) is 13.2. The van der Waals surface area contributed by atoms with Gasteiger partial charge in [-0.15, -0.1) is 0 Å². The summed E-state index contributed by atoms with van der Waals surface area (Å²) in [5, 5.41) is 0. The van der Waals surface area contributed by atoms with Crippen LogP contribution in [0.25, 0.3) is 11.0 Å². The van der Waals surface area contributed by atoms with Gasteiger partial charge in [-0.25, -0.2) is 13.4 Å². The Bertz CT molecular complexity index is 1050. The fraction of sp³-hybridized carbons (Fsp3) is 0.278. The number of imidazole rings is 1. The number of aromatic amines is 1. The molecule has 0 saturated carbocycles. The smallest absolute Gasteiger partial charge is 0.340 e. The lowest BCUT2D eigenvalue weighted by molar-refractivity contribution is -0.137. The Hall–Kier alpha value is -2.59. The molecule has 0 radical (unpaired) electrons. The number of piperazine rings is 1. The standard InChI is InChI=1S/C18H17F3N4O2S/c19-18(20,21)13-5-7-14(8-6-13)28(26,27)25-11-9-24(10-12-25)17-22-15-3-1-2-4-16(15)23-17/h1-8H,9-12H2,(H,22,23). The van der Waals surface area contributed by atoms with Crippen molar-refractivity contribution in [1.82, 2.24) is 14.3 Å². The maximum atomic E-state index is 12.7. The number of hydrogen-bond acceptors (Lipinski definition) is 4. The molecule has 4 rings (SSSR count). The summed E-state index contributed by atoms with van der Waals surface area (Å²) in [4.78, 5) is 9.54. The molecule has 0 atom stereocenters. The van der Waals surface area contributed by atoms with Gasteiger partial charge < -0.3 is 9.88 Å². The minimum atomic E-state index is -4.50. The number of nitrogens with zero attached hydrogens (tertiary/aromatic N) is 3. The van der Waals surface area contributed by atoms with Crippen molar-refractivity contribution in [2.75, 3.05) is 31.1 Å². The van der Waals surface area contributed by atoms with Crippen molar-refractivity contribution in [3.05, 3.63) is 54.1 Å². The number of rotatable bonds is 3. The minimum Gasteiger partial charge on any atom is -0.340 e. The number of hydrogen-bond donors (Lipinski definition) is 1. The van der Waals surface area contributed by atoms with Crippen LogP contribution < -0.4 is 4.90 Å². The first kappa shape index (κ1) is 18.8. The lowest BCUT2D eigenvalue weighted by Crippen LogP contribution is -2.49. The van der Waals surface area contributed by atoms with E-state index < -0.39 is 21.8 Å². The van der Waals surface area contributed by atoms with Gasteiger partial charge in [0.25, 0.3) is 0 Å². The Morgan fingerprint density at radius 1 is 0.929 bits per heavy atom. The van der Waals surface area contributed by atoms with Crippen molar-refractivity contribution >= 4 is 27.0 Å². The highest BCUT2D eigenvalue weighted by atomic mass is 32.2. The molecule has 0 aliphatic carbocycles. The molecular formula is C18H17F3N4O2S. The van der Waals surface area contributed by atoms with Gasteiger partial charge in [0.1, 0.15) is 0 Å². The zero-order chi connectivity index (χ0) is 19.9. The van der Waals surface area contributed by atoms with E-state index in [2.05, 4.69) is 9.97 Å². The van der Waals surface area contributed by atoms with Crippen LogP contribution in [-0.2, 0) is 16.2 Å². The van der Waals surface area contributed by atoms with Gasteiger partial charge in [-0.3, -0.25) is 0 Å². The van der Waals surface area contributed by atoms with Crippen molar-refractivity contribution in [1.29, 1.82) is 0 Å². The van der Waals surface area contributed by atoms with Crippen LogP contribution in [0.2, 0.25) is 0 Å². The summed E-state index contributed by atoms with van der Waals surface area (Å²) in [7, 11) is -3.85. The lowest BCUT2D eigenvalue weighted by atomic mass is 10.2. The molecule has 1 N–H and O–H groups in total. The average molecular weight is 410 g/mol. The van der Waals surface area contributed by atoms with E-state index in [4.69, 9.17) is 0 Å². The minimum absolute atomic E-state index is 0.141. The van der Waals surface area contributed by atoms with Crippen LogP contribution in [0.5, 0.6) is 0 Å². The van der Waals surface area contributed by atoms with Gasteiger partial charge in [-0.1, -0.05) is 12.1 Å². The van der Waals surface area contributed by atoms with Crippen LogP contribution >= 0.6 is 0 Å². The number of benzene rings is 2. The Morgan fingerprint density at radius 2 is 1.57 bits per heavy atom. The molecule has 3 aromatic rings. The fourth-order valence-corrected chi connectivity index (χ4v) is 4.62. The first-order valence-electron chi connectivity index (χ1n) is 8.62. The maximum Gasteiger partial charge on any atom is 0.416 e. The quantitative estimate of drug-likeness (QED) is 0.721. The molecular weight excluding hydrogens is 393 g/mol. The van der Waals surface area contributed by atoms with E-state index in [1.54, 1.807) is 0 Å². The third-order valence-electron chi connectivity index (χ3n) is 4.73. The highest BCUT2D eigenvalue weighted by Gasteiger charge is 2.33. The molecule has 2 aromatic carbocycles. The molecule has 0 bridgehead atoms. The molecule has 2 heterocycles. The monoisotopic (exact) mass is 410 g/mol. The van der Waals surface area contributed by atoms with E-state index in [1.165, 1.54) is 4.31 Å². The Balaban J connectivity index is 1.47. The fourth-order valence-electron chi connectivity index (χ4n) is 3.19. The van der Waals surface area contributed by atoms with Gasteiger partial charge in [-0.2, -0.15) is 17.5 Å². The number of para-hydroxylation sites is 2. The summed E-state index contributed by atoms with van der Waals surface area (Å²) in [6.45, 7) is 1.31. The van der Waals surface area contributed by atoms with Crippen molar-refractivity contribution in [3.63, 3.8) is 0 Å². The van der Waals surface area contributed by atoms with Crippen LogP contribution in [-0.4, -0.2) is 48.9 Å². The van der Waals surface area contributed by atoms with Gasteiger partial charge in [0, 0.05) is 26.2 Å². The molecule has 0 spiro atoms. The molecule has 1 saturated heterocycles. The van der Waals surface area contributed by atoms with E-state index in [0.29, 0.717) is 19.0 Å². The topological polar surface area (TPSA) is 69.3 Å². The first-order valence-corrected chi connectivity index (χ1v) is 10.1. The molecule has 28 heavy (non-hydrogen) atoms. The second kappa shape index (κ2) is 6.78. The summed E-state index contributed by atoms with van der Waals surface area (Å²) in [6.07, 6.45) is -4.50. The van der Waals surface area contributed by atoms with Crippen molar-refractivity contribution in [3.8, 4) is 0 Å². The van der Waals surface area contributed by atoms with Gasteiger partial charge in [0.15, 0.2) is 0 Å². The number of H-pyrrole nitrogens is 1. The average Bonchev–Trinajstić information content (AvgIpc) is 3.12. The number of nitrogens with one attached hydrogen (secondary N) is 1. The molecule has 0 amide bonds. The van der Waals surface area contributed by atoms with Gasteiger partial charge in [-0.05, 0) is 36.4 Å². The molecule has 1 aliphatic heterocycles. The van der Waals surface area contributed by atoms with E-state index >= 15 is 0 Å². The number of fused-ring (bicyclic) bond motifs is 1. The van der Waals surface area contributed by atoms with E-state index in [0.717, 1.165) is 35.3 Å². The molecule has 148 valence electrons. The molecule has 1 aliphatic rings. The zero-order valence-corrected chi connectivity index (χ0v) is 15.5. The molecule has 10 heteroatoms. The number of anilines is 1. The predicted octanol–water partition coefficient (Wildman–Crippen LogP) is 3.09. The van der Waals surface area contributed by atoms with Crippen molar-refractivity contribution in [2.45, 2.75) is 11.1 Å². The van der Waals surface area contributed by atoms with E-state index in [-0.39, 0.29) is 18.0 Å². The number of halogens is 3. The van der Waals surface area contributed by atoms with Crippen LogP contribution in [0.1, 0.15) is 5.56 Å².